The molecule has 0 aliphatic carbocycles. The van der Waals surface area contributed by atoms with Crippen LogP contribution in [0.25, 0.3) is 11.0 Å². The summed E-state index contributed by atoms with van der Waals surface area (Å²) in [5.74, 6) is 0. The van der Waals surface area contributed by atoms with Crippen LogP contribution in [0.15, 0.2) is 18.2 Å². The van der Waals surface area contributed by atoms with E-state index in [4.69, 9.17) is 17.5 Å². The number of benzene rings is 1. The van der Waals surface area contributed by atoms with E-state index in [0.29, 0.717) is 0 Å². The Bertz CT molecular complexity index is 540. The van der Waals surface area contributed by atoms with Crippen LogP contribution in [-0.2, 0) is 10.4 Å². The highest BCUT2D eigenvalue weighted by Gasteiger charge is 1.94. The topological polar surface area (TPSA) is 116 Å². The Morgan fingerprint density at radius 3 is 2.33 bits per heavy atom. The lowest BCUT2D eigenvalue weighted by Gasteiger charge is -1.87. The van der Waals surface area contributed by atoms with E-state index in [2.05, 4.69) is 15.4 Å². The second-order valence-corrected chi connectivity index (χ2v) is 3.66. The standard InChI is InChI=1S/C7H7N3.H2O4S/c1-5-2-3-6-7(4-5)9-10-8-6;1-5(2,3)4/h2-4H,1H3,(H,8,9,10);(H2,1,2,3,4). The summed E-state index contributed by atoms with van der Waals surface area (Å²) in [5, 5.41) is 10.4. The molecule has 8 heteroatoms. The molecule has 0 amide bonds. The molecule has 0 radical (unpaired) electrons. The second-order valence-electron chi connectivity index (χ2n) is 2.76. The van der Waals surface area contributed by atoms with Gasteiger partial charge in [0.15, 0.2) is 0 Å². The highest BCUT2D eigenvalue weighted by molar-refractivity contribution is 7.79. The fourth-order valence-corrected chi connectivity index (χ4v) is 0.950. The molecule has 0 saturated carbocycles. The SMILES string of the molecule is Cc1ccc2n[nH]nc2c1.O=S(=O)(O)O. The van der Waals surface area contributed by atoms with Gasteiger partial charge in [0.2, 0.25) is 0 Å². The predicted octanol–water partition coefficient (Wildman–Crippen LogP) is 0.614. The van der Waals surface area contributed by atoms with Crippen molar-refractivity contribution >= 4 is 21.4 Å². The van der Waals surface area contributed by atoms with Crippen LogP contribution in [0.5, 0.6) is 0 Å². The maximum atomic E-state index is 8.74. The molecule has 82 valence electrons. The van der Waals surface area contributed by atoms with Crippen LogP contribution in [0.2, 0.25) is 0 Å². The maximum absolute atomic E-state index is 8.74. The van der Waals surface area contributed by atoms with Crippen LogP contribution in [0.1, 0.15) is 5.56 Å². The first-order valence-electron chi connectivity index (χ1n) is 3.83. The molecule has 0 unspecified atom stereocenters. The van der Waals surface area contributed by atoms with E-state index in [1.807, 2.05) is 25.1 Å². The molecule has 1 aromatic heterocycles. The second kappa shape index (κ2) is 4.34. The summed E-state index contributed by atoms with van der Waals surface area (Å²) < 4.78 is 31.6. The number of aryl methyl sites for hydroxylation is 1. The first kappa shape index (κ1) is 11.6. The lowest BCUT2D eigenvalue weighted by molar-refractivity contribution is 0.381. The van der Waals surface area contributed by atoms with Gasteiger partial charge in [0.1, 0.15) is 11.0 Å². The fraction of sp³-hybridized carbons (Fsp3) is 0.143. The van der Waals surface area contributed by atoms with Gasteiger partial charge >= 0.3 is 10.4 Å². The molecule has 0 aliphatic rings. The quantitative estimate of drug-likeness (QED) is 0.572. The average Bonchev–Trinajstić information content (AvgIpc) is 2.47. The first-order valence-corrected chi connectivity index (χ1v) is 5.23. The highest BCUT2D eigenvalue weighted by atomic mass is 32.3. The Labute approximate surface area is 85.7 Å². The van der Waals surface area contributed by atoms with Gasteiger partial charge in [-0.15, -0.1) is 0 Å². The van der Waals surface area contributed by atoms with Gasteiger partial charge in [-0.3, -0.25) is 9.11 Å². The smallest absolute Gasteiger partial charge is 0.264 e. The van der Waals surface area contributed by atoms with Crippen molar-refractivity contribution in [1.82, 2.24) is 15.4 Å². The molecule has 7 nitrogen and oxygen atoms in total. The zero-order valence-corrected chi connectivity index (χ0v) is 8.56. The van der Waals surface area contributed by atoms with E-state index < -0.39 is 10.4 Å². The number of hydrogen-bond donors (Lipinski definition) is 3. The molecule has 1 heterocycles. The van der Waals surface area contributed by atoms with Crippen molar-refractivity contribution in [3.8, 4) is 0 Å². The van der Waals surface area contributed by atoms with Crippen molar-refractivity contribution in [2.24, 2.45) is 0 Å². The van der Waals surface area contributed by atoms with Crippen LogP contribution in [-0.4, -0.2) is 32.9 Å². The van der Waals surface area contributed by atoms with Gasteiger partial charge in [-0.05, 0) is 24.6 Å². The molecule has 1 aromatic carbocycles. The minimum atomic E-state index is -4.67. The molecule has 0 bridgehead atoms. The van der Waals surface area contributed by atoms with Crippen LogP contribution in [0.3, 0.4) is 0 Å². The molecule has 0 spiro atoms. The Morgan fingerprint density at radius 2 is 1.73 bits per heavy atom. The molecule has 2 aromatic rings. The van der Waals surface area contributed by atoms with E-state index in [1.54, 1.807) is 0 Å². The summed E-state index contributed by atoms with van der Waals surface area (Å²) >= 11 is 0. The van der Waals surface area contributed by atoms with Gasteiger partial charge in [-0.25, -0.2) is 0 Å². The number of aromatic nitrogens is 3. The summed E-state index contributed by atoms with van der Waals surface area (Å²) in [6.07, 6.45) is 0. The van der Waals surface area contributed by atoms with Gasteiger partial charge in [0.25, 0.3) is 0 Å². The van der Waals surface area contributed by atoms with Gasteiger partial charge in [-0.2, -0.15) is 23.8 Å². The summed E-state index contributed by atoms with van der Waals surface area (Å²) in [7, 11) is -4.67. The largest absolute Gasteiger partial charge is 0.394 e. The minimum Gasteiger partial charge on any atom is -0.264 e. The molecule has 0 saturated heterocycles. The van der Waals surface area contributed by atoms with Crippen molar-refractivity contribution in [1.29, 1.82) is 0 Å². The van der Waals surface area contributed by atoms with E-state index in [9.17, 15) is 0 Å². The Kier molecular flexibility index (Phi) is 3.35. The van der Waals surface area contributed by atoms with Gasteiger partial charge in [0.05, 0.1) is 0 Å². The number of nitrogens with one attached hydrogen (secondary N) is 1. The van der Waals surface area contributed by atoms with E-state index in [0.717, 1.165) is 11.0 Å². The predicted molar refractivity (Wildman–Crippen MR) is 52.8 cm³/mol. The van der Waals surface area contributed by atoms with Crippen molar-refractivity contribution in [2.75, 3.05) is 0 Å². The number of fused-ring (bicyclic) bond motifs is 1. The Morgan fingerprint density at radius 1 is 1.20 bits per heavy atom. The summed E-state index contributed by atoms with van der Waals surface area (Å²) in [4.78, 5) is 0. The van der Waals surface area contributed by atoms with Crippen LogP contribution in [0, 0.1) is 6.92 Å². The Balaban J connectivity index is 0.000000195. The average molecular weight is 231 g/mol. The third-order valence-electron chi connectivity index (χ3n) is 1.47. The molecular formula is C7H9N3O4S. The Hall–Kier alpha value is -1.51. The van der Waals surface area contributed by atoms with Crippen LogP contribution >= 0.6 is 0 Å². The first-order chi connectivity index (χ1) is 6.86. The third-order valence-corrected chi connectivity index (χ3v) is 1.47. The minimum absolute atomic E-state index is 0.922. The molecule has 0 atom stereocenters. The zero-order chi connectivity index (χ0) is 11.5. The van der Waals surface area contributed by atoms with Crippen molar-refractivity contribution in [3.63, 3.8) is 0 Å². The van der Waals surface area contributed by atoms with Crippen LogP contribution < -0.4 is 0 Å². The number of nitrogens with zero attached hydrogens (tertiary/aromatic N) is 2. The van der Waals surface area contributed by atoms with Crippen molar-refractivity contribution in [3.05, 3.63) is 23.8 Å². The molecule has 3 N–H and O–H groups in total. The van der Waals surface area contributed by atoms with Gasteiger partial charge < -0.3 is 0 Å². The maximum Gasteiger partial charge on any atom is 0.394 e. The third kappa shape index (κ3) is 4.49. The van der Waals surface area contributed by atoms with E-state index in [1.165, 1.54) is 5.56 Å². The number of aromatic amines is 1. The molecule has 15 heavy (non-hydrogen) atoms. The fourth-order valence-electron chi connectivity index (χ4n) is 0.950. The number of rotatable bonds is 0. The van der Waals surface area contributed by atoms with Crippen molar-refractivity contribution < 1.29 is 17.5 Å². The summed E-state index contributed by atoms with van der Waals surface area (Å²) in [6, 6.07) is 5.97. The van der Waals surface area contributed by atoms with E-state index in [-0.39, 0.29) is 0 Å². The molecule has 0 aliphatic heterocycles. The summed E-state index contributed by atoms with van der Waals surface area (Å²) in [6.45, 7) is 2.04. The zero-order valence-electron chi connectivity index (χ0n) is 7.75. The molecular weight excluding hydrogens is 222 g/mol. The number of hydrogen-bond acceptors (Lipinski definition) is 4. The van der Waals surface area contributed by atoms with Gasteiger partial charge in [-0.1, -0.05) is 6.07 Å². The van der Waals surface area contributed by atoms with Crippen LogP contribution in [0.4, 0.5) is 0 Å². The molecule has 0 fully saturated rings. The molecule has 2 rings (SSSR count). The van der Waals surface area contributed by atoms with Gasteiger partial charge in [0, 0.05) is 0 Å². The van der Waals surface area contributed by atoms with Crippen molar-refractivity contribution in [2.45, 2.75) is 6.92 Å². The van der Waals surface area contributed by atoms with E-state index >= 15 is 0 Å². The number of H-pyrrole nitrogens is 1. The monoisotopic (exact) mass is 231 g/mol. The normalized spacial score (nSPS) is 10.9. The summed E-state index contributed by atoms with van der Waals surface area (Å²) in [5.41, 5.74) is 3.06. The lowest BCUT2D eigenvalue weighted by Crippen LogP contribution is -1.89. The lowest BCUT2D eigenvalue weighted by atomic mass is 10.2. The highest BCUT2D eigenvalue weighted by Crippen LogP contribution is 2.08.